The van der Waals surface area contributed by atoms with E-state index < -0.39 is 16.1 Å². The van der Waals surface area contributed by atoms with Gasteiger partial charge in [-0.3, -0.25) is 0 Å². The molecule has 0 spiro atoms. The molecule has 0 fully saturated rings. The van der Waals surface area contributed by atoms with Gasteiger partial charge < -0.3 is 0 Å². The lowest BCUT2D eigenvalue weighted by molar-refractivity contribution is 1.01. The summed E-state index contributed by atoms with van der Waals surface area (Å²) < 4.78 is 0. The van der Waals surface area contributed by atoms with E-state index >= 15 is 0 Å². The lowest BCUT2D eigenvalue weighted by atomic mass is 10.00. The molecule has 1 nitrogen and oxygen atoms in total. The average Bonchev–Trinajstić information content (AvgIpc) is 3.37. The maximum atomic E-state index is 5.63. The van der Waals surface area contributed by atoms with E-state index in [0.717, 1.165) is 40.9 Å². The first kappa shape index (κ1) is 39.0. The molecule has 0 unspecified atom stereocenters. The molecule has 1 aliphatic carbocycles. The zero-order valence-corrected chi connectivity index (χ0v) is 36.7. The number of aromatic nitrogens is 1. The van der Waals surface area contributed by atoms with Crippen molar-refractivity contribution < 1.29 is 0 Å². The molecule has 0 radical (unpaired) electrons. The number of rotatable bonds is 11. The molecule has 1 heterocycles. The second kappa shape index (κ2) is 17.4. The van der Waals surface area contributed by atoms with Gasteiger partial charge in [-0.2, -0.15) is 0 Å². The highest BCUT2D eigenvalue weighted by Gasteiger charge is 2.43. The number of nitrogens with zero attached hydrogens (tertiary/aromatic N) is 1. The summed E-state index contributed by atoms with van der Waals surface area (Å²) in [5, 5.41) is 11.1. The standard InChI is InChI=1S/C59H47NSi2/c1-8-24-46(25-9-1)49-44-58(47-26-22-40-56(42-47)61(50-28-10-2-11-29-50,51-30-12-3-13-31-51)52-32-14-4-15-33-52)60-59(45-49)48-27-23-41-57(43-48)62(53-34-16-5-17-35-53,54-36-18-6-19-37-54)55-38-20-7-21-39-55/h1-20,22-38,40-45H,21,39H2. The molecule has 0 atom stereocenters. The molecule has 1 aromatic heterocycles. The fraction of sp³-hybridized carbons (Fsp3) is 0.0339. The number of benzene rings is 8. The normalized spacial score (nSPS) is 12.7. The van der Waals surface area contributed by atoms with Crippen LogP contribution >= 0.6 is 0 Å². The van der Waals surface area contributed by atoms with Gasteiger partial charge >= 0.3 is 0 Å². The van der Waals surface area contributed by atoms with Crippen molar-refractivity contribution in [3.8, 4) is 33.6 Å². The third-order valence-electron chi connectivity index (χ3n) is 12.6. The Kier molecular flexibility index (Phi) is 11.0. The van der Waals surface area contributed by atoms with Crippen molar-refractivity contribution >= 4 is 52.5 Å². The van der Waals surface area contributed by atoms with Gasteiger partial charge in [-0.15, -0.1) is 0 Å². The fourth-order valence-electron chi connectivity index (χ4n) is 9.86. The first-order valence-corrected chi connectivity index (χ1v) is 25.7. The summed E-state index contributed by atoms with van der Waals surface area (Å²) in [5.74, 6) is 0. The van der Waals surface area contributed by atoms with Gasteiger partial charge in [0.05, 0.1) is 11.4 Å². The van der Waals surface area contributed by atoms with Crippen LogP contribution in [-0.4, -0.2) is 21.1 Å². The van der Waals surface area contributed by atoms with Crippen molar-refractivity contribution in [2.45, 2.75) is 12.8 Å². The Balaban J connectivity index is 1.19. The van der Waals surface area contributed by atoms with E-state index in [1.165, 1.54) is 47.1 Å². The van der Waals surface area contributed by atoms with Crippen LogP contribution in [0.15, 0.2) is 266 Å². The molecule has 0 bridgehead atoms. The van der Waals surface area contributed by atoms with Crippen molar-refractivity contribution in [1.82, 2.24) is 4.98 Å². The van der Waals surface area contributed by atoms with Crippen molar-refractivity contribution in [2.24, 2.45) is 0 Å². The van der Waals surface area contributed by atoms with E-state index in [4.69, 9.17) is 4.98 Å². The van der Waals surface area contributed by atoms with E-state index in [1.807, 2.05) is 0 Å². The van der Waals surface area contributed by atoms with E-state index in [2.05, 4.69) is 261 Å². The number of hydrogen-bond donors (Lipinski definition) is 0. The van der Waals surface area contributed by atoms with Crippen molar-refractivity contribution in [3.63, 3.8) is 0 Å². The van der Waals surface area contributed by atoms with Crippen LogP contribution in [0.1, 0.15) is 12.8 Å². The van der Waals surface area contributed by atoms with E-state index in [9.17, 15) is 0 Å². The Hall–Kier alpha value is -7.18. The van der Waals surface area contributed by atoms with Crippen molar-refractivity contribution in [2.75, 3.05) is 0 Å². The van der Waals surface area contributed by atoms with Crippen LogP contribution in [0.3, 0.4) is 0 Å². The SMILES string of the molecule is C1=CCCC([Si](c2ccccc2)(c2ccccc2)c2cccc(-c3cc(-c4ccccc4)cc(-c4cccc([Si](c5ccccc5)(c5ccccc5)c5ccccc5)c4)n3)c2)=C1. The monoisotopic (exact) mass is 825 g/mol. The third kappa shape index (κ3) is 7.15. The van der Waals surface area contributed by atoms with E-state index in [-0.39, 0.29) is 0 Å². The third-order valence-corrected chi connectivity index (χ3v) is 22.4. The molecule has 3 heteroatoms. The van der Waals surface area contributed by atoms with Gasteiger partial charge in [-0.05, 0) is 72.4 Å². The zero-order valence-electron chi connectivity index (χ0n) is 34.7. The predicted octanol–water partition coefficient (Wildman–Crippen LogP) is 9.75. The van der Waals surface area contributed by atoms with E-state index in [1.54, 1.807) is 0 Å². The molecular formula is C59H47NSi2. The average molecular weight is 826 g/mol. The van der Waals surface area contributed by atoms with Crippen LogP contribution in [-0.2, 0) is 0 Å². The lowest BCUT2D eigenvalue weighted by Crippen LogP contribution is -2.74. The maximum Gasteiger partial charge on any atom is 0.179 e. The van der Waals surface area contributed by atoms with Gasteiger partial charge in [0.1, 0.15) is 0 Å². The lowest BCUT2D eigenvalue weighted by Gasteiger charge is -2.37. The molecular weight excluding hydrogens is 779 g/mol. The molecule has 1 aliphatic rings. The molecule has 0 saturated heterocycles. The van der Waals surface area contributed by atoms with Crippen LogP contribution in [0.5, 0.6) is 0 Å². The van der Waals surface area contributed by atoms with Crippen LogP contribution in [0.4, 0.5) is 0 Å². The molecule has 0 aliphatic heterocycles. The smallest absolute Gasteiger partial charge is 0.179 e. The highest BCUT2D eigenvalue weighted by Crippen LogP contribution is 2.32. The Labute approximate surface area is 368 Å². The zero-order chi connectivity index (χ0) is 41.6. The molecule has 8 aromatic carbocycles. The summed E-state index contributed by atoms with van der Waals surface area (Å²) in [6.45, 7) is 0. The maximum absolute atomic E-state index is 5.63. The summed E-state index contributed by atoms with van der Waals surface area (Å²) >= 11 is 0. The van der Waals surface area contributed by atoms with Gasteiger partial charge in [-0.25, -0.2) is 4.98 Å². The summed E-state index contributed by atoms with van der Waals surface area (Å²) in [7, 11) is -5.44. The van der Waals surface area contributed by atoms with Crippen molar-refractivity contribution in [3.05, 3.63) is 266 Å². The highest BCUT2D eigenvalue weighted by molar-refractivity contribution is 7.20. The Morgan fingerprint density at radius 1 is 0.306 bits per heavy atom. The van der Waals surface area contributed by atoms with Crippen LogP contribution in [0, 0.1) is 0 Å². The number of allylic oxidation sites excluding steroid dienone is 4. The molecule has 62 heavy (non-hydrogen) atoms. The van der Waals surface area contributed by atoms with Gasteiger partial charge in [0.2, 0.25) is 0 Å². The number of hydrogen-bond acceptors (Lipinski definition) is 1. The Morgan fingerprint density at radius 2 is 0.661 bits per heavy atom. The van der Waals surface area contributed by atoms with Crippen LogP contribution in [0.2, 0.25) is 0 Å². The molecule has 0 amide bonds. The minimum absolute atomic E-state index is 0.959. The minimum atomic E-state index is -2.76. The molecule has 0 N–H and O–H groups in total. The number of pyridine rings is 1. The van der Waals surface area contributed by atoms with Crippen molar-refractivity contribution in [1.29, 1.82) is 0 Å². The van der Waals surface area contributed by atoms with Gasteiger partial charge in [-0.1, -0.05) is 254 Å². The predicted molar refractivity (Wildman–Crippen MR) is 268 cm³/mol. The largest absolute Gasteiger partial charge is 0.248 e. The van der Waals surface area contributed by atoms with Crippen LogP contribution in [0.25, 0.3) is 33.6 Å². The second-order valence-corrected chi connectivity index (χ2v) is 23.8. The molecule has 9 aromatic rings. The topological polar surface area (TPSA) is 12.9 Å². The molecule has 10 rings (SSSR count). The van der Waals surface area contributed by atoms with E-state index in [0.29, 0.717) is 0 Å². The first-order chi connectivity index (χ1) is 30.7. The fourth-order valence-corrected chi connectivity index (χ4v) is 19.7. The minimum Gasteiger partial charge on any atom is -0.248 e. The summed E-state index contributed by atoms with van der Waals surface area (Å²) in [6.07, 6.45) is 9.07. The summed E-state index contributed by atoms with van der Waals surface area (Å²) in [4.78, 5) is 5.63. The molecule has 0 saturated carbocycles. The molecule has 296 valence electrons. The Morgan fingerprint density at radius 3 is 1.06 bits per heavy atom. The second-order valence-electron chi connectivity index (χ2n) is 16.1. The summed E-state index contributed by atoms with van der Waals surface area (Å²) in [6, 6.07) is 89.9. The van der Waals surface area contributed by atoms with Gasteiger partial charge in [0.25, 0.3) is 0 Å². The van der Waals surface area contributed by atoms with Crippen LogP contribution < -0.4 is 36.3 Å². The highest BCUT2D eigenvalue weighted by atomic mass is 28.3. The quantitative estimate of drug-likeness (QED) is 0.0936. The summed E-state index contributed by atoms with van der Waals surface area (Å²) in [5.41, 5.74) is 6.47. The first-order valence-electron chi connectivity index (χ1n) is 21.7. The van der Waals surface area contributed by atoms with Gasteiger partial charge in [0.15, 0.2) is 16.1 Å². The Bertz CT molecular complexity index is 2850. The van der Waals surface area contributed by atoms with Gasteiger partial charge in [0, 0.05) is 11.1 Å².